The number of likely N-dealkylation sites (tertiary alicyclic amines) is 1. The molecule has 0 unspecified atom stereocenters. The maximum Gasteiger partial charge on any atom is 0.276 e. The summed E-state index contributed by atoms with van der Waals surface area (Å²) in [7, 11) is 0. The Kier molecular flexibility index (Phi) is 4.94. The fourth-order valence-corrected chi connectivity index (χ4v) is 3.89. The van der Waals surface area contributed by atoms with Crippen molar-refractivity contribution in [2.24, 2.45) is 0 Å². The van der Waals surface area contributed by atoms with Gasteiger partial charge in [0.2, 0.25) is 0 Å². The molecule has 1 aliphatic rings. The second kappa shape index (κ2) is 7.53. The average Bonchev–Trinajstić information content (AvgIpc) is 3.33. The minimum absolute atomic E-state index is 0.0689. The molecule has 0 saturated carbocycles. The standard InChI is InChI=1S/C21H21ClN4O/c1-15-6-2-3-7-16(15)13-26-14-20(23-24-26)21(27)25-11-10-17(12-25)18-8-4-5-9-19(18)22/h2-9,14,17H,10-13H2,1H3/t17-/m0/s1. The number of hydrogen-bond donors (Lipinski definition) is 0. The zero-order valence-electron chi connectivity index (χ0n) is 15.2. The van der Waals surface area contributed by atoms with E-state index in [-0.39, 0.29) is 11.8 Å². The Morgan fingerprint density at radius 1 is 1.19 bits per heavy atom. The Bertz CT molecular complexity index is 968. The van der Waals surface area contributed by atoms with Gasteiger partial charge >= 0.3 is 0 Å². The van der Waals surface area contributed by atoms with Crippen LogP contribution < -0.4 is 0 Å². The van der Waals surface area contributed by atoms with Gasteiger partial charge in [-0.25, -0.2) is 4.68 Å². The summed E-state index contributed by atoms with van der Waals surface area (Å²) in [4.78, 5) is 14.7. The summed E-state index contributed by atoms with van der Waals surface area (Å²) >= 11 is 6.31. The molecule has 2 aromatic carbocycles. The number of carbonyl (C=O) groups is 1. The van der Waals surface area contributed by atoms with Crippen molar-refractivity contribution >= 4 is 17.5 Å². The lowest BCUT2D eigenvalue weighted by Crippen LogP contribution is -2.28. The van der Waals surface area contributed by atoms with E-state index in [0.29, 0.717) is 25.3 Å². The van der Waals surface area contributed by atoms with Crippen LogP contribution in [0.3, 0.4) is 0 Å². The largest absolute Gasteiger partial charge is 0.337 e. The predicted molar refractivity (Wildman–Crippen MR) is 105 cm³/mol. The second-order valence-electron chi connectivity index (χ2n) is 6.99. The molecule has 1 aliphatic heterocycles. The number of halogens is 1. The molecule has 0 spiro atoms. The van der Waals surface area contributed by atoms with Crippen LogP contribution in [0.4, 0.5) is 0 Å². The Morgan fingerprint density at radius 3 is 2.78 bits per heavy atom. The third-order valence-corrected chi connectivity index (χ3v) is 5.52. The van der Waals surface area contributed by atoms with Gasteiger partial charge in [0, 0.05) is 24.0 Å². The fourth-order valence-electron chi connectivity index (χ4n) is 3.60. The van der Waals surface area contributed by atoms with Crippen molar-refractivity contribution in [2.45, 2.75) is 25.8 Å². The highest BCUT2D eigenvalue weighted by Gasteiger charge is 2.30. The molecular weight excluding hydrogens is 360 g/mol. The van der Waals surface area contributed by atoms with E-state index in [0.717, 1.165) is 17.0 Å². The van der Waals surface area contributed by atoms with E-state index in [4.69, 9.17) is 11.6 Å². The molecular formula is C21H21ClN4O. The van der Waals surface area contributed by atoms with Crippen molar-refractivity contribution < 1.29 is 4.79 Å². The van der Waals surface area contributed by atoms with Crippen molar-refractivity contribution in [1.29, 1.82) is 0 Å². The molecule has 1 atom stereocenters. The molecule has 0 aliphatic carbocycles. The molecule has 1 saturated heterocycles. The van der Waals surface area contributed by atoms with E-state index < -0.39 is 0 Å². The van der Waals surface area contributed by atoms with Crippen molar-refractivity contribution in [3.05, 3.63) is 82.1 Å². The summed E-state index contributed by atoms with van der Waals surface area (Å²) in [5.41, 5.74) is 3.87. The highest BCUT2D eigenvalue weighted by molar-refractivity contribution is 6.31. The summed E-state index contributed by atoms with van der Waals surface area (Å²) < 4.78 is 1.72. The molecule has 5 nitrogen and oxygen atoms in total. The van der Waals surface area contributed by atoms with Gasteiger partial charge in [0.25, 0.3) is 5.91 Å². The number of aromatic nitrogens is 3. The first-order valence-electron chi connectivity index (χ1n) is 9.10. The topological polar surface area (TPSA) is 51.0 Å². The molecule has 138 valence electrons. The molecule has 0 bridgehead atoms. The van der Waals surface area contributed by atoms with Gasteiger partial charge < -0.3 is 4.90 Å². The molecule has 0 radical (unpaired) electrons. The smallest absolute Gasteiger partial charge is 0.276 e. The quantitative estimate of drug-likeness (QED) is 0.689. The van der Waals surface area contributed by atoms with Gasteiger partial charge in [-0.1, -0.05) is 59.3 Å². The summed E-state index contributed by atoms with van der Waals surface area (Å²) in [6.45, 7) is 4.04. The van der Waals surface area contributed by atoms with E-state index in [1.165, 1.54) is 11.1 Å². The van der Waals surface area contributed by atoms with Crippen LogP contribution in [0.2, 0.25) is 5.02 Å². The SMILES string of the molecule is Cc1ccccc1Cn1cc(C(=O)N2CC[C@H](c3ccccc3Cl)C2)nn1. The van der Waals surface area contributed by atoms with Crippen molar-refractivity contribution in [3.63, 3.8) is 0 Å². The lowest BCUT2D eigenvalue weighted by atomic mass is 9.98. The van der Waals surface area contributed by atoms with E-state index in [2.05, 4.69) is 29.4 Å². The van der Waals surface area contributed by atoms with Crippen LogP contribution in [0.25, 0.3) is 0 Å². The molecule has 4 rings (SSSR count). The summed E-state index contributed by atoms with van der Waals surface area (Å²) in [5.74, 6) is 0.199. The zero-order valence-corrected chi connectivity index (χ0v) is 15.9. The number of aryl methyl sites for hydroxylation is 1. The van der Waals surface area contributed by atoms with Crippen LogP contribution in [0.15, 0.2) is 54.7 Å². The van der Waals surface area contributed by atoms with Gasteiger partial charge in [-0.15, -0.1) is 5.10 Å². The molecule has 6 heteroatoms. The first-order valence-corrected chi connectivity index (χ1v) is 9.48. The van der Waals surface area contributed by atoms with Gasteiger partial charge in [0.1, 0.15) is 0 Å². The lowest BCUT2D eigenvalue weighted by Gasteiger charge is -2.15. The third-order valence-electron chi connectivity index (χ3n) is 5.17. The Morgan fingerprint density at radius 2 is 1.96 bits per heavy atom. The Labute approximate surface area is 163 Å². The van der Waals surface area contributed by atoms with Gasteiger partial charge in [0.15, 0.2) is 5.69 Å². The summed E-state index contributed by atoms with van der Waals surface area (Å²) in [6.07, 6.45) is 2.64. The number of rotatable bonds is 4. The number of carbonyl (C=O) groups excluding carboxylic acids is 1. The van der Waals surface area contributed by atoms with E-state index >= 15 is 0 Å². The molecule has 27 heavy (non-hydrogen) atoms. The fraction of sp³-hybridized carbons (Fsp3) is 0.286. The Hall–Kier alpha value is -2.66. The maximum atomic E-state index is 12.8. The van der Waals surface area contributed by atoms with Crippen LogP contribution in [0.5, 0.6) is 0 Å². The molecule has 1 aromatic heterocycles. The first kappa shape index (κ1) is 17.7. The minimum atomic E-state index is -0.0689. The van der Waals surface area contributed by atoms with Gasteiger partial charge in [0.05, 0.1) is 12.7 Å². The second-order valence-corrected chi connectivity index (χ2v) is 7.39. The van der Waals surface area contributed by atoms with E-state index in [1.807, 2.05) is 41.3 Å². The first-order chi connectivity index (χ1) is 13.1. The third kappa shape index (κ3) is 3.74. The maximum absolute atomic E-state index is 12.8. The lowest BCUT2D eigenvalue weighted by molar-refractivity contribution is 0.0785. The van der Waals surface area contributed by atoms with Crippen molar-refractivity contribution in [1.82, 2.24) is 19.9 Å². The summed E-state index contributed by atoms with van der Waals surface area (Å²) in [6, 6.07) is 16.0. The van der Waals surface area contributed by atoms with Gasteiger partial charge in [-0.2, -0.15) is 0 Å². The van der Waals surface area contributed by atoms with E-state index in [1.54, 1.807) is 10.9 Å². The number of nitrogens with zero attached hydrogens (tertiary/aromatic N) is 4. The molecule has 0 N–H and O–H groups in total. The number of benzene rings is 2. The number of amides is 1. The predicted octanol–water partition coefficient (Wildman–Crippen LogP) is 3.92. The zero-order chi connectivity index (χ0) is 18.8. The Balaban J connectivity index is 1.44. The monoisotopic (exact) mass is 380 g/mol. The van der Waals surface area contributed by atoms with Gasteiger partial charge in [-0.05, 0) is 36.1 Å². The molecule has 1 amide bonds. The molecule has 1 fully saturated rings. The van der Waals surface area contributed by atoms with E-state index in [9.17, 15) is 4.79 Å². The molecule has 2 heterocycles. The van der Waals surface area contributed by atoms with Crippen LogP contribution >= 0.6 is 11.6 Å². The molecule has 3 aromatic rings. The van der Waals surface area contributed by atoms with Crippen LogP contribution in [0.1, 0.15) is 39.5 Å². The van der Waals surface area contributed by atoms with Crippen LogP contribution in [-0.2, 0) is 6.54 Å². The highest BCUT2D eigenvalue weighted by Crippen LogP contribution is 2.32. The van der Waals surface area contributed by atoms with Gasteiger partial charge in [-0.3, -0.25) is 4.79 Å². The van der Waals surface area contributed by atoms with Crippen molar-refractivity contribution in [3.8, 4) is 0 Å². The normalized spacial score (nSPS) is 16.7. The minimum Gasteiger partial charge on any atom is -0.337 e. The average molecular weight is 381 g/mol. The number of hydrogen-bond acceptors (Lipinski definition) is 3. The summed E-state index contributed by atoms with van der Waals surface area (Å²) in [5, 5.41) is 9.00. The van der Waals surface area contributed by atoms with Crippen LogP contribution in [0, 0.1) is 6.92 Å². The van der Waals surface area contributed by atoms with Crippen molar-refractivity contribution in [2.75, 3.05) is 13.1 Å². The highest BCUT2D eigenvalue weighted by atomic mass is 35.5. The van der Waals surface area contributed by atoms with Crippen LogP contribution in [-0.4, -0.2) is 38.9 Å².